The summed E-state index contributed by atoms with van der Waals surface area (Å²) in [7, 11) is -0.529. The molecule has 1 atom stereocenters. The Kier molecular flexibility index (Phi) is 6.25. The van der Waals surface area contributed by atoms with Gasteiger partial charge >= 0.3 is 13.2 Å². The van der Waals surface area contributed by atoms with Crippen LogP contribution in [0.3, 0.4) is 0 Å². The minimum atomic E-state index is -0.954. The van der Waals surface area contributed by atoms with Crippen LogP contribution in [0.15, 0.2) is 30.6 Å². The van der Waals surface area contributed by atoms with Crippen molar-refractivity contribution >= 4 is 36.2 Å². The van der Waals surface area contributed by atoms with Gasteiger partial charge in [0, 0.05) is 59.7 Å². The van der Waals surface area contributed by atoms with E-state index in [9.17, 15) is 14.7 Å². The number of hydrogen-bond acceptors (Lipinski definition) is 7. The number of carboxylic acid groups (broad SMARTS) is 1. The van der Waals surface area contributed by atoms with Crippen LogP contribution >= 0.6 is 0 Å². The number of rotatable bonds is 4. The van der Waals surface area contributed by atoms with E-state index in [1.54, 1.807) is 17.3 Å². The molecule has 218 valence electrons. The maximum Gasteiger partial charge on any atom is 0.498 e. The molecule has 3 fully saturated rings. The number of fused-ring (bicyclic) bond motifs is 2. The summed E-state index contributed by atoms with van der Waals surface area (Å²) in [5, 5.41) is 9.83. The average molecular weight is 561 g/mol. The molecule has 2 amide bonds. The number of carbonyl (C=O) groups is 2. The summed E-state index contributed by atoms with van der Waals surface area (Å²) in [6.45, 7) is 15.4. The summed E-state index contributed by atoms with van der Waals surface area (Å²) in [5.41, 5.74) is 2.22. The topological polar surface area (TPSA) is 108 Å². The number of hydrogen-bond donors (Lipinski definition) is 1. The molecule has 6 rings (SSSR count). The van der Waals surface area contributed by atoms with Gasteiger partial charge in [0.05, 0.1) is 17.2 Å². The third-order valence-electron chi connectivity index (χ3n) is 9.59. The maximum atomic E-state index is 13.6. The Bertz CT molecular complexity index is 1370. The minimum absolute atomic E-state index is 0.0803. The molecule has 3 aliphatic heterocycles. The lowest BCUT2D eigenvalue weighted by Gasteiger charge is -2.37. The predicted molar refractivity (Wildman–Crippen MR) is 156 cm³/mol. The van der Waals surface area contributed by atoms with Crippen molar-refractivity contribution in [2.45, 2.75) is 95.9 Å². The fourth-order valence-electron chi connectivity index (χ4n) is 6.45. The first-order valence-corrected chi connectivity index (χ1v) is 14.5. The molecular formula is C30H40BN5O5. The van der Waals surface area contributed by atoms with Crippen LogP contribution in [0.25, 0.3) is 0 Å². The highest BCUT2D eigenvalue weighted by molar-refractivity contribution is 6.61. The zero-order valence-corrected chi connectivity index (χ0v) is 25.1. The van der Waals surface area contributed by atoms with Crippen molar-refractivity contribution in [2.24, 2.45) is 0 Å². The van der Waals surface area contributed by atoms with Gasteiger partial charge in [0.15, 0.2) is 0 Å². The monoisotopic (exact) mass is 561 g/mol. The smallest absolute Gasteiger partial charge is 0.465 e. The molecule has 11 heteroatoms. The van der Waals surface area contributed by atoms with Crippen LogP contribution in [-0.2, 0) is 14.7 Å². The molecule has 1 aromatic carbocycles. The van der Waals surface area contributed by atoms with Crippen molar-refractivity contribution in [3.8, 4) is 0 Å². The summed E-state index contributed by atoms with van der Waals surface area (Å²) in [5.74, 6) is 0.506. The summed E-state index contributed by atoms with van der Waals surface area (Å²) in [6, 6.07) is 5.73. The standard InChI is InChI=1S/C30H40BN5O5/c1-27(2,3)36(26(38)39)21-10-13-34(17-21)24(37)19-8-9-22-23(14-19)35(18-30(22)11-12-30)25-32-15-20(16-33-25)31-40-28(4,5)29(6,7)41-31/h8-9,14-16,21H,10-13,17-18H2,1-7H3,(H,38,39)/t21-/m1/s1. The molecule has 1 spiro atoms. The Morgan fingerprint density at radius 2 is 1.71 bits per heavy atom. The van der Waals surface area contributed by atoms with Gasteiger partial charge in [0.1, 0.15) is 0 Å². The second-order valence-electron chi connectivity index (χ2n) is 14.0. The first-order valence-electron chi connectivity index (χ1n) is 14.5. The second-order valence-corrected chi connectivity index (χ2v) is 14.0. The van der Waals surface area contributed by atoms with E-state index in [1.807, 2.05) is 60.6 Å². The Labute approximate surface area is 242 Å². The predicted octanol–water partition coefficient (Wildman–Crippen LogP) is 3.95. The van der Waals surface area contributed by atoms with Gasteiger partial charge in [-0.2, -0.15) is 0 Å². The van der Waals surface area contributed by atoms with Gasteiger partial charge in [-0.15, -0.1) is 0 Å². The third kappa shape index (κ3) is 4.67. The second kappa shape index (κ2) is 9.16. The van der Waals surface area contributed by atoms with E-state index in [1.165, 1.54) is 10.5 Å². The van der Waals surface area contributed by atoms with Crippen molar-refractivity contribution in [1.29, 1.82) is 0 Å². The Morgan fingerprint density at radius 3 is 2.27 bits per heavy atom. The van der Waals surface area contributed by atoms with E-state index in [0.29, 0.717) is 31.0 Å². The number of nitrogens with zero attached hydrogens (tertiary/aromatic N) is 5. The van der Waals surface area contributed by atoms with Gasteiger partial charge in [-0.1, -0.05) is 6.07 Å². The van der Waals surface area contributed by atoms with E-state index in [4.69, 9.17) is 19.3 Å². The van der Waals surface area contributed by atoms with E-state index < -0.39 is 30.0 Å². The van der Waals surface area contributed by atoms with Crippen molar-refractivity contribution in [3.63, 3.8) is 0 Å². The van der Waals surface area contributed by atoms with Crippen LogP contribution in [0.5, 0.6) is 0 Å². The van der Waals surface area contributed by atoms with Crippen LogP contribution in [0, 0.1) is 0 Å². The fourth-order valence-corrected chi connectivity index (χ4v) is 6.45. The highest BCUT2D eigenvalue weighted by atomic mass is 16.7. The summed E-state index contributed by atoms with van der Waals surface area (Å²) < 4.78 is 12.3. The quantitative estimate of drug-likeness (QED) is 0.560. The summed E-state index contributed by atoms with van der Waals surface area (Å²) in [6.07, 6.45) is 5.40. The van der Waals surface area contributed by atoms with Gasteiger partial charge < -0.3 is 24.2 Å². The fraction of sp³-hybridized carbons (Fsp3) is 0.600. The molecule has 41 heavy (non-hydrogen) atoms. The normalized spacial score (nSPS) is 23.7. The number of amides is 2. The Morgan fingerprint density at radius 1 is 1.07 bits per heavy atom. The van der Waals surface area contributed by atoms with Crippen LogP contribution in [0.1, 0.15) is 83.7 Å². The molecule has 1 N–H and O–H groups in total. The molecule has 0 radical (unpaired) electrons. The van der Waals surface area contributed by atoms with Gasteiger partial charge in [0.25, 0.3) is 5.91 Å². The number of benzene rings is 1. The summed E-state index contributed by atoms with van der Waals surface area (Å²) in [4.78, 5) is 40.4. The molecule has 1 saturated carbocycles. The molecule has 2 aromatic rings. The van der Waals surface area contributed by atoms with Crippen LogP contribution in [0.2, 0.25) is 0 Å². The molecule has 4 heterocycles. The van der Waals surface area contributed by atoms with E-state index in [-0.39, 0.29) is 17.4 Å². The highest BCUT2D eigenvalue weighted by Gasteiger charge is 2.54. The lowest BCUT2D eigenvalue weighted by Crippen LogP contribution is -2.52. The first-order chi connectivity index (χ1) is 19.1. The number of carbonyl (C=O) groups excluding carboxylic acids is 1. The largest absolute Gasteiger partial charge is 0.498 e. The van der Waals surface area contributed by atoms with Crippen molar-refractivity contribution in [3.05, 3.63) is 41.7 Å². The van der Waals surface area contributed by atoms with E-state index in [2.05, 4.69) is 11.0 Å². The van der Waals surface area contributed by atoms with Crippen molar-refractivity contribution in [1.82, 2.24) is 19.8 Å². The SMILES string of the molecule is CC(C)(C)N(C(=O)O)[C@@H]1CCN(C(=O)c2ccc3c(c2)N(c2ncc(B4OC(C)(C)C(C)(C)O4)cn2)CC32CC2)C1. The third-order valence-corrected chi connectivity index (χ3v) is 9.59. The van der Waals surface area contributed by atoms with Crippen molar-refractivity contribution in [2.75, 3.05) is 24.5 Å². The molecule has 10 nitrogen and oxygen atoms in total. The van der Waals surface area contributed by atoms with Gasteiger partial charge in [-0.05, 0) is 85.4 Å². The zero-order valence-electron chi connectivity index (χ0n) is 25.1. The highest BCUT2D eigenvalue weighted by Crippen LogP contribution is 2.57. The average Bonchev–Trinajstić information content (AvgIpc) is 3.28. The van der Waals surface area contributed by atoms with Gasteiger partial charge in [-0.3, -0.25) is 9.69 Å². The van der Waals surface area contributed by atoms with Crippen LogP contribution in [0.4, 0.5) is 16.4 Å². The van der Waals surface area contributed by atoms with Crippen LogP contribution < -0.4 is 10.4 Å². The van der Waals surface area contributed by atoms with Crippen molar-refractivity contribution < 1.29 is 24.0 Å². The lowest BCUT2D eigenvalue weighted by atomic mass is 9.81. The Hall–Kier alpha value is -3.18. The van der Waals surface area contributed by atoms with Gasteiger partial charge in [-0.25, -0.2) is 14.8 Å². The molecule has 4 aliphatic rings. The zero-order chi connectivity index (χ0) is 29.5. The molecule has 1 aromatic heterocycles. The number of anilines is 2. The summed E-state index contributed by atoms with van der Waals surface area (Å²) >= 11 is 0. The maximum absolute atomic E-state index is 13.6. The lowest BCUT2D eigenvalue weighted by molar-refractivity contribution is 0.00578. The molecular weight excluding hydrogens is 521 g/mol. The molecule has 2 saturated heterocycles. The minimum Gasteiger partial charge on any atom is -0.465 e. The van der Waals surface area contributed by atoms with Gasteiger partial charge in [0.2, 0.25) is 5.95 Å². The first kappa shape index (κ1) is 28.0. The van der Waals surface area contributed by atoms with Crippen LogP contribution in [-0.4, -0.2) is 86.4 Å². The number of likely N-dealkylation sites (tertiary alicyclic amines) is 1. The Balaban J connectivity index is 1.23. The number of aromatic nitrogens is 2. The van der Waals surface area contributed by atoms with E-state index >= 15 is 0 Å². The molecule has 1 aliphatic carbocycles. The molecule has 0 unspecified atom stereocenters. The molecule has 0 bridgehead atoms. The van der Waals surface area contributed by atoms with E-state index in [0.717, 1.165) is 30.5 Å².